The summed E-state index contributed by atoms with van der Waals surface area (Å²) in [6, 6.07) is 22.4. The van der Waals surface area contributed by atoms with Crippen molar-refractivity contribution in [1.29, 1.82) is 0 Å². The molecule has 1 N–H and O–H groups in total. The maximum Gasteiger partial charge on any atom is 0.419 e. The number of carbonyl (C=O) groups excluding carboxylic acids is 3. The van der Waals surface area contributed by atoms with Crippen LogP contribution in [0.3, 0.4) is 0 Å². The van der Waals surface area contributed by atoms with Gasteiger partial charge in [-0.25, -0.2) is 19.1 Å². The molecule has 2 aromatic heterocycles. The predicted octanol–water partition coefficient (Wildman–Crippen LogP) is 7.95. The normalized spacial score (nSPS) is 13.5. The molecule has 0 radical (unpaired) electrons. The van der Waals surface area contributed by atoms with Gasteiger partial charge in [-0.1, -0.05) is 67.9 Å². The van der Waals surface area contributed by atoms with Crippen molar-refractivity contribution in [2.45, 2.75) is 90.9 Å². The smallest absolute Gasteiger partial charge is 0.419 e. The Hall–Kier alpha value is -5.58. The highest BCUT2D eigenvalue weighted by Crippen LogP contribution is 2.36. The van der Waals surface area contributed by atoms with Crippen LogP contribution < -0.4 is 14.8 Å². The van der Waals surface area contributed by atoms with Gasteiger partial charge < -0.3 is 24.3 Å². The van der Waals surface area contributed by atoms with Crippen LogP contribution in [0.5, 0.6) is 11.5 Å². The lowest BCUT2D eigenvalue weighted by Gasteiger charge is -2.21. The Kier molecular flexibility index (Phi) is 11.0. The van der Waals surface area contributed by atoms with Crippen molar-refractivity contribution in [1.82, 2.24) is 19.4 Å². The van der Waals surface area contributed by atoms with E-state index in [9.17, 15) is 14.4 Å². The van der Waals surface area contributed by atoms with Gasteiger partial charge in [0.1, 0.15) is 18.0 Å². The number of unbranched alkanes of at least 4 members (excludes halogenated alkanes) is 1. The maximum atomic E-state index is 14.2. The maximum absolute atomic E-state index is 14.2. The summed E-state index contributed by atoms with van der Waals surface area (Å²) in [6.07, 6.45) is 5.58. The van der Waals surface area contributed by atoms with Crippen LogP contribution in [0.25, 0.3) is 10.9 Å². The molecule has 1 unspecified atom stereocenters. The molecule has 2 atom stereocenters. The van der Waals surface area contributed by atoms with E-state index in [0.717, 1.165) is 40.4 Å². The average molecular weight is 707 g/mol. The van der Waals surface area contributed by atoms with E-state index in [0.29, 0.717) is 35.9 Å². The predicted molar refractivity (Wildman–Crippen MR) is 197 cm³/mol. The molecule has 272 valence electrons. The summed E-state index contributed by atoms with van der Waals surface area (Å²) in [6.45, 7) is 9.76. The number of hydrogen-bond donors (Lipinski definition) is 1. The molecule has 0 saturated carbocycles. The number of rotatable bonds is 12. The summed E-state index contributed by atoms with van der Waals surface area (Å²) in [4.78, 5) is 45.5. The first kappa shape index (κ1) is 36.2. The molecule has 1 amide bonds. The van der Waals surface area contributed by atoms with Crippen LogP contribution in [0.15, 0.2) is 85.2 Å². The minimum Gasteiger partial charge on any atom is -0.454 e. The largest absolute Gasteiger partial charge is 0.454 e. The van der Waals surface area contributed by atoms with Crippen LogP contribution in [0.1, 0.15) is 81.6 Å². The topological polar surface area (TPSA) is 123 Å². The van der Waals surface area contributed by atoms with Gasteiger partial charge in [-0.05, 0) is 75.4 Å². The first-order valence-electron chi connectivity index (χ1n) is 17.8. The van der Waals surface area contributed by atoms with Crippen molar-refractivity contribution in [2.24, 2.45) is 0 Å². The molecule has 6 rings (SSSR count). The fraction of sp³-hybridized carbons (Fsp3) is 0.366. The summed E-state index contributed by atoms with van der Waals surface area (Å²) in [5.41, 5.74) is 3.18. The minimum atomic E-state index is -0.677. The minimum absolute atomic E-state index is 0.112. The van der Waals surface area contributed by atoms with Gasteiger partial charge in [0.2, 0.25) is 12.7 Å². The van der Waals surface area contributed by atoms with E-state index >= 15 is 0 Å². The molecule has 0 aliphatic carbocycles. The molecule has 5 aromatic rings. The molecular weight excluding hydrogens is 660 g/mol. The van der Waals surface area contributed by atoms with E-state index in [-0.39, 0.29) is 31.8 Å². The Labute approximate surface area is 303 Å². The van der Waals surface area contributed by atoms with Crippen LogP contribution in [0.4, 0.5) is 9.59 Å². The lowest BCUT2D eigenvalue weighted by molar-refractivity contribution is -0.123. The Bertz CT molecular complexity index is 2040. The highest BCUT2D eigenvalue weighted by Gasteiger charge is 2.29. The number of hydrogen-bond acceptors (Lipinski definition) is 8. The number of aryl methyl sites for hydroxylation is 1. The summed E-state index contributed by atoms with van der Waals surface area (Å²) in [7, 11) is 0. The van der Waals surface area contributed by atoms with Gasteiger partial charge in [-0.15, -0.1) is 0 Å². The van der Waals surface area contributed by atoms with E-state index in [1.165, 1.54) is 9.13 Å². The molecule has 1 aliphatic rings. The zero-order valence-electron chi connectivity index (χ0n) is 30.4. The number of ether oxygens (including phenoxy) is 4. The molecule has 52 heavy (non-hydrogen) atoms. The lowest BCUT2D eigenvalue weighted by atomic mass is 9.92. The van der Waals surface area contributed by atoms with Crippen molar-refractivity contribution >= 4 is 29.0 Å². The summed E-state index contributed by atoms with van der Waals surface area (Å²) in [5.74, 6) is 0.916. The molecule has 1 aliphatic heterocycles. The molecule has 0 spiro atoms. The van der Waals surface area contributed by atoms with Crippen molar-refractivity contribution in [3.63, 3.8) is 0 Å². The number of nitrogens with zero attached hydrogens (tertiary/aromatic N) is 3. The highest BCUT2D eigenvalue weighted by atomic mass is 16.7. The molecule has 3 aromatic carbocycles. The molecular formula is C41H46N4O7. The summed E-state index contributed by atoms with van der Waals surface area (Å²) in [5, 5.41) is 4.11. The number of amides is 1. The number of imidazole rings is 1. The lowest BCUT2D eigenvalue weighted by Crippen LogP contribution is -2.38. The van der Waals surface area contributed by atoms with E-state index in [1.807, 2.05) is 94.4 Å². The van der Waals surface area contributed by atoms with Crippen LogP contribution in [0.2, 0.25) is 0 Å². The molecule has 0 bridgehead atoms. The summed E-state index contributed by atoms with van der Waals surface area (Å²) >= 11 is 0. The van der Waals surface area contributed by atoms with Gasteiger partial charge in [-0.3, -0.25) is 9.36 Å². The third-order valence-electron chi connectivity index (χ3n) is 8.81. The van der Waals surface area contributed by atoms with Gasteiger partial charge in [0.25, 0.3) is 0 Å². The number of nitrogens with one attached hydrogen (secondary N) is 1. The van der Waals surface area contributed by atoms with Crippen molar-refractivity contribution < 1.29 is 33.3 Å². The molecule has 11 heteroatoms. The standard InChI is InChI=1S/C41H46N4O7/c1-6-7-17-37-43-31(24-45(37)40(48)52-41(3,4)5)22-33(29-18-19-35-36(21-29)51-26-50-35)38(46)42-27(2)20-30-23-44(34-16-12-11-15-32(30)34)39(47)49-25-28-13-9-8-10-14-28/h8-16,18-19,21,23-24,27,33H,6-7,17,20,22,25-26H2,1-5H3,(H,42,46)/t27-,33?/m1/s1. The zero-order valence-corrected chi connectivity index (χ0v) is 30.4. The first-order valence-corrected chi connectivity index (χ1v) is 17.8. The van der Waals surface area contributed by atoms with Crippen molar-refractivity contribution in [3.8, 4) is 11.5 Å². The second kappa shape index (κ2) is 15.8. The van der Waals surface area contributed by atoms with Crippen molar-refractivity contribution in [3.05, 3.63) is 113 Å². The second-order valence-electron chi connectivity index (χ2n) is 14.2. The number of fused-ring (bicyclic) bond motifs is 2. The number of benzene rings is 3. The van der Waals surface area contributed by atoms with Gasteiger partial charge in [0.05, 0.1) is 17.1 Å². The van der Waals surface area contributed by atoms with Crippen LogP contribution >= 0.6 is 0 Å². The fourth-order valence-electron chi connectivity index (χ4n) is 6.33. The summed E-state index contributed by atoms with van der Waals surface area (Å²) < 4.78 is 25.5. The Morgan fingerprint density at radius 1 is 0.904 bits per heavy atom. The quantitative estimate of drug-likeness (QED) is 0.139. The molecule has 0 saturated heterocycles. The molecule has 0 fully saturated rings. The zero-order chi connectivity index (χ0) is 36.8. The SMILES string of the molecule is CCCCc1nc(CC(C(=O)N[C@H](C)Cc2cn(C(=O)OCc3ccccc3)c3ccccc23)c2ccc3c(c2)OCO3)cn1C(=O)OC(C)(C)C. The number of carbonyl (C=O) groups is 3. The number of para-hydroxylation sites is 1. The van der Waals surface area contributed by atoms with E-state index in [2.05, 4.69) is 12.2 Å². The Morgan fingerprint density at radius 2 is 1.65 bits per heavy atom. The monoisotopic (exact) mass is 706 g/mol. The van der Waals surface area contributed by atoms with E-state index < -0.39 is 23.7 Å². The van der Waals surface area contributed by atoms with Crippen LogP contribution in [-0.2, 0) is 40.1 Å². The van der Waals surface area contributed by atoms with Gasteiger partial charge in [-0.2, -0.15) is 0 Å². The van der Waals surface area contributed by atoms with Crippen molar-refractivity contribution in [2.75, 3.05) is 6.79 Å². The van der Waals surface area contributed by atoms with Crippen LogP contribution in [-0.4, -0.2) is 50.6 Å². The second-order valence-corrected chi connectivity index (χ2v) is 14.2. The fourth-order valence-corrected chi connectivity index (χ4v) is 6.33. The molecule has 3 heterocycles. The third kappa shape index (κ3) is 8.65. The first-order chi connectivity index (χ1) is 25.0. The highest BCUT2D eigenvalue weighted by molar-refractivity contribution is 5.92. The Morgan fingerprint density at radius 3 is 2.42 bits per heavy atom. The Balaban J connectivity index is 1.23. The van der Waals surface area contributed by atoms with Gasteiger partial charge in [0, 0.05) is 36.7 Å². The number of aromatic nitrogens is 3. The average Bonchev–Trinajstić information content (AvgIpc) is 3.85. The van der Waals surface area contributed by atoms with E-state index in [4.69, 9.17) is 23.9 Å². The van der Waals surface area contributed by atoms with E-state index in [1.54, 1.807) is 18.5 Å². The van der Waals surface area contributed by atoms with Gasteiger partial charge >= 0.3 is 12.2 Å². The molecule has 11 nitrogen and oxygen atoms in total. The van der Waals surface area contributed by atoms with Crippen LogP contribution in [0, 0.1) is 0 Å². The van der Waals surface area contributed by atoms with Gasteiger partial charge in [0.15, 0.2) is 11.5 Å². The third-order valence-corrected chi connectivity index (χ3v) is 8.81.